The van der Waals surface area contributed by atoms with Gasteiger partial charge in [0.1, 0.15) is 11.4 Å². The quantitative estimate of drug-likeness (QED) is 0.877. The molecule has 2 aromatic rings. The number of H-pyrrole nitrogens is 1. The Labute approximate surface area is 119 Å². The van der Waals surface area contributed by atoms with E-state index in [0.29, 0.717) is 18.8 Å². The van der Waals surface area contributed by atoms with Crippen molar-refractivity contribution in [3.8, 4) is 5.75 Å². The summed E-state index contributed by atoms with van der Waals surface area (Å²) in [7, 11) is 0. The molecule has 1 N–H and O–H groups in total. The summed E-state index contributed by atoms with van der Waals surface area (Å²) in [5.74, 6) is 0.725. The van der Waals surface area contributed by atoms with Crippen LogP contribution in [0.4, 0.5) is 5.69 Å². The van der Waals surface area contributed by atoms with Crippen LogP contribution < -0.4 is 9.64 Å². The Morgan fingerprint density at radius 1 is 1.37 bits per heavy atom. The number of amides is 1. The molecule has 19 heavy (non-hydrogen) atoms. The maximum absolute atomic E-state index is 12.5. The van der Waals surface area contributed by atoms with Crippen molar-refractivity contribution >= 4 is 27.5 Å². The fourth-order valence-corrected chi connectivity index (χ4v) is 2.52. The Hall–Kier alpha value is -1.75. The first-order chi connectivity index (χ1) is 9.25. The third kappa shape index (κ3) is 2.38. The maximum Gasteiger partial charge on any atom is 0.274 e. The summed E-state index contributed by atoms with van der Waals surface area (Å²) in [4.78, 5) is 17.3. The van der Waals surface area contributed by atoms with E-state index in [9.17, 15) is 4.79 Å². The van der Waals surface area contributed by atoms with Crippen LogP contribution in [-0.2, 0) is 0 Å². The number of carbonyl (C=O) groups excluding carboxylic acids is 1. The lowest BCUT2D eigenvalue weighted by atomic mass is 10.2. The van der Waals surface area contributed by atoms with Crippen molar-refractivity contribution in [1.82, 2.24) is 4.98 Å². The number of hydrogen-bond acceptors (Lipinski definition) is 2. The number of rotatable bonds is 1. The van der Waals surface area contributed by atoms with Crippen LogP contribution in [0.5, 0.6) is 5.75 Å². The first kappa shape index (κ1) is 12.3. The lowest BCUT2D eigenvalue weighted by Crippen LogP contribution is -2.31. The first-order valence-corrected chi connectivity index (χ1v) is 6.92. The van der Waals surface area contributed by atoms with Gasteiger partial charge < -0.3 is 14.6 Å². The van der Waals surface area contributed by atoms with Gasteiger partial charge in [-0.05, 0) is 40.5 Å². The average molecular weight is 321 g/mol. The Morgan fingerprint density at radius 3 is 3.00 bits per heavy atom. The minimum Gasteiger partial charge on any atom is -0.491 e. The molecule has 1 aromatic heterocycles. The molecule has 1 amide bonds. The molecule has 0 saturated carbocycles. The highest BCUT2D eigenvalue weighted by molar-refractivity contribution is 9.10. The molecule has 2 heterocycles. The number of fused-ring (bicyclic) bond motifs is 1. The van der Waals surface area contributed by atoms with Gasteiger partial charge in [-0.3, -0.25) is 4.79 Å². The van der Waals surface area contributed by atoms with E-state index in [1.54, 1.807) is 17.2 Å². The van der Waals surface area contributed by atoms with Crippen LogP contribution in [-0.4, -0.2) is 24.0 Å². The number of ether oxygens (including phenoxy) is 1. The van der Waals surface area contributed by atoms with Gasteiger partial charge in [0.2, 0.25) is 0 Å². The number of anilines is 1. The number of carbonyl (C=O) groups is 1. The molecule has 1 aromatic carbocycles. The molecule has 0 bridgehead atoms. The molecule has 3 rings (SSSR count). The van der Waals surface area contributed by atoms with Gasteiger partial charge in [0.15, 0.2) is 0 Å². The normalized spacial score (nSPS) is 14.5. The third-order valence-corrected chi connectivity index (χ3v) is 3.52. The third-order valence-electron chi connectivity index (χ3n) is 3.06. The lowest BCUT2D eigenvalue weighted by molar-refractivity contribution is 0.0983. The van der Waals surface area contributed by atoms with Gasteiger partial charge >= 0.3 is 0 Å². The molecule has 4 nitrogen and oxygen atoms in total. The summed E-state index contributed by atoms with van der Waals surface area (Å²) in [6.45, 7) is 1.29. The van der Waals surface area contributed by atoms with E-state index >= 15 is 0 Å². The summed E-state index contributed by atoms with van der Waals surface area (Å²) in [6.07, 6.45) is 2.58. The number of halogens is 1. The van der Waals surface area contributed by atoms with Crippen molar-refractivity contribution in [3.05, 3.63) is 46.7 Å². The van der Waals surface area contributed by atoms with Gasteiger partial charge in [0.05, 0.1) is 12.3 Å². The van der Waals surface area contributed by atoms with Crippen LogP contribution in [0, 0.1) is 0 Å². The Morgan fingerprint density at radius 2 is 2.21 bits per heavy atom. The summed E-state index contributed by atoms with van der Waals surface area (Å²) in [5, 5.41) is 0. The fraction of sp³-hybridized carbons (Fsp3) is 0.214. The molecule has 1 aliphatic rings. The van der Waals surface area contributed by atoms with Crippen LogP contribution >= 0.6 is 15.9 Å². The topological polar surface area (TPSA) is 45.3 Å². The highest BCUT2D eigenvalue weighted by Gasteiger charge is 2.23. The number of benzene rings is 1. The lowest BCUT2D eigenvalue weighted by Gasteiger charge is -2.20. The molecule has 0 aliphatic carbocycles. The zero-order valence-electron chi connectivity index (χ0n) is 10.2. The van der Waals surface area contributed by atoms with E-state index in [1.165, 1.54) is 0 Å². The van der Waals surface area contributed by atoms with Crippen molar-refractivity contribution in [3.63, 3.8) is 0 Å². The van der Waals surface area contributed by atoms with Crippen LogP contribution in [0.25, 0.3) is 0 Å². The molecule has 0 radical (unpaired) electrons. The molecule has 0 unspecified atom stereocenters. The van der Waals surface area contributed by atoms with Gasteiger partial charge in [-0.15, -0.1) is 0 Å². The summed E-state index contributed by atoms with van der Waals surface area (Å²) in [5.41, 5.74) is 1.40. The standard InChI is InChI=1S/C14H13BrN2O2/c15-10-8-11(16-9-10)14(18)17-6-3-7-19-13-5-2-1-4-12(13)17/h1-2,4-5,8-9,16H,3,6-7H2. The minimum atomic E-state index is -0.0383. The number of hydrogen-bond donors (Lipinski definition) is 1. The number of aromatic nitrogens is 1. The van der Waals surface area contributed by atoms with Crippen molar-refractivity contribution in [1.29, 1.82) is 0 Å². The second kappa shape index (κ2) is 5.09. The van der Waals surface area contributed by atoms with E-state index in [-0.39, 0.29) is 5.91 Å². The monoisotopic (exact) mass is 320 g/mol. The number of nitrogens with one attached hydrogen (secondary N) is 1. The maximum atomic E-state index is 12.5. The van der Waals surface area contributed by atoms with Crippen LogP contribution in [0.2, 0.25) is 0 Å². The molecular formula is C14H13BrN2O2. The molecule has 5 heteroatoms. The van der Waals surface area contributed by atoms with E-state index in [0.717, 1.165) is 22.3 Å². The fourth-order valence-electron chi connectivity index (χ4n) is 2.18. The zero-order chi connectivity index (χ0) is 13.2. The predicted molar refractivity (Wildman–Crippen MR) is 76.7 cm³/mol. The van der Waals surface area contributed by atoms with E-state index in [4.69, 9.17) is 4.74 Å². The van der Waals surface area contributed by atoms with Gasteiger partial charge in [0, 0.05) is 17.2 Å². The van der Waals surface area contributed by atoms with Gasteiger partial charge in [-0.1, -0.05) is 12.1 Å². The van der Waals surface area contributed by atoms with Gasteiger partial charge in [0.25, 0.3) is 5.91 Å². The largest absolute Gasteiger partial charge is 0.491 e. The highest BCUT2D eigenvalue weighted by atomic mass is 79.9. The zero-order valence-corrected chi connectivity index (χ0v) is 11.8. The number of nitrogens with zero attached hydrogens (tertiary/aromatic N) is 1. The minimum absolute atomic E-state index is 0.0383. The molecule has 98 valence electrons. The van der Waals surface area contributed by atoms with Crippen molar-refractivity contribution in [2.45, 2.75) is 6.42 Å². The van der Waals surface area contributed by atoms with Crippen LogP contribution in [0.1, 0.15) is 16.9 Å². The van der Waals surface area contributed by atoms with Gasteiger partial charge in [-0.25, -0.2) is 0 Å². The Balaban J connectivity index is 1.98. The number of aromatic amines is 1. The Bertz CT molecular complexity index is 609. The summed E-state index contributed by atoms with van der Waals surface area (Å²) >= 11 is 3.34. The van der Waals surface area contributed by atoms with Crippen LogP contribution in [0.15, 0.2) is 41.0 Å². The summed E-state index contributed by atoms with van der Waals surface area (Å²) < 4.78 is 6.53. The molecular weight excluding hydrogens is 308 g/mol. The average Bonchev–Trinajstić information content (AvgIpc) is 2.74. The molecule has 0 fully saturated rings. The summed E-state index contributed by atoms with van der Waals surface area (Å²) in [6, 6.07) is 9.43. The van der Waals surface area contributed by atoms with Crippen molar-refractivity contribution < 1.29 is 9.53 Å². The Kier molecular flexibility index (Phi) is 3.29. The smallest absolute Gasteiger partial charge is 0.274 e. The molecule has 0 spiro atoms. The SMILES string of the molecule is O=C(c1cc(Br)c[nH]1)N1CCCOc2ccccc21. The molecule has 0 atom stereocenters. The molecule has 0 saturated heterocycles. The van der Waals surface area contributed by atoms with E-state index in [2.05, 4.69) is 20.9 Å². The second-order valence-electron chi connectivity index (χ2n) is 4.36. The highest BCUT2D eigenvalue weighted by Crippen LogP contribution is 2.31. The molecule has 1 aliphatic heterocycles. The number of para-hydroxylation sites is 2. The first-order valence-electron chi connectivity index (χ1n) is 6.13. The van der Waals surface area contributed by atoms with Gasteiger partial charge in [-0.2, -0.15) is 0 Å². The second-order valence-corrected chi connectivity index (χ2v) is 5.27. The van der Waals surface area contributed by atoms with Crippen LogP contribution in [0.3, 0.4) is 0 Å². The van der Waals surface area contributed by atoms with E-state index in [1.807, 2.05) is 24.3 Å². The predicted octanol–water partition coefficient (Wildman–Crippen LogP) is 3.21. The van der Waals surface area contributed by atoms with Crippen molar-refractivity contribution in [2.24, 2.45) is 0 Å². The van der Waals surface area contributed by atoms with E-state index < -0.39 is 0 Å². The van der Waals surface area contributed by atoms with Crippen molar-refractivity contribution in [2.75, 3.05) is 18.1 Å².